The molecule has 0 spiro atoms. The first-order valence-corrected chi connectivity index (χ1v) is 15.2. The summed E-state index contributed by atoms with van der Waals surface area (Å²) < 4.78 is 1.82. The summed E-state index contributed by atoms with van der Waals surface area (Å²) in [6.45, 7) is 0. The van der Waals surface area contributed by atoms with E-state index in [9.17, 15) is 5.11 Å². The molecule has 1 nitrogen and oxygen atoms in total. The predicted molar refractivity (Wildman–Crippen MR) is 174 cm³/mol. The molecule has 3 heteroatoms. The first-order valence-electron chi connectivity index (χ1n) is 13.6. The van der Waals surface area contributed by atoms with Crippen LogP contribution < -0.4 is 0 Å². The maximum absolute atomic E-state index is 13.2. The predicted octanol–water partition coefficient (Wildman–Crippen LogP) is 9.86. The van der Waals surface area contributed by atoms with Crippen molar-refractivity contribution in [2.45, 2.75) is 11.0 Å². The molecule has 6 aromatic rings. The minimum absolute atomic E-state index is 0.642. The Hall–Kier alpha value is -3.76. The average Bonchev–Trinajstić information content (AvgIpc) is 3.32. The molecule has 1 aliphatic rings. The van der Waals surface area contributed by atoms with Gasteiger partial charge in [-0.25, -0.2) is 0 Å². The highest BCUT2D eigenvalue weighted by Crippen LogP contribution is 2.58. The maximum atomic E-state index is 13.2. The van der Waals surface area contributed by atoms with E-state index in [1.54, 1.807) is 0 Å². The Morgan fingerprint density at radius 3 is 1.46 bits per heavy atom. The van der Waals surface area contributed by atoms with E-state index in [1.807, 2.05) is 54.6 Å². The van der Waals surface area contributed by atoms with Gasteiger partial charge in [0.2, 0.25) is 0 Å². The van der Waals surface area contributed by atoms with E-state index in [0.717, 1.165) is 36.8 Å². The van der Waals surface area contributed by atoms with Gasteiger partial charge in [0.25, 0.3) is 0 Å². The number of rotatable bonds is 5. The maximum Gasteiger partial charge on any atom is 0.140 e. The second-order valence-corrected chi connectivity index (χ2v) is 12.3. The molecule has 0 fully saturated rings. The fraction of sp³-hybridized carbons (Fsp3) is 0.0526. The van der Waals surface area contributed by atoms with Crippen molar-refractivity contribution in [3.05, 3.63) is 200 Å². The molecule has 0 amide bonds. The molecule has 198 valence electrons. The Bertz CT molecular complexity index is 1800. The van der Waals surface area contributed by atoms with E-state index in [2.05, 4.69) is 129 Å². The van der Waals surface area contributed by atoms with Crippen molar-refractivity contribution >= 4 is 31.9 Å². The van der Waals surface area contributed by atoms with Crippen LogP contribution in [-0.2, 0) is 11.0 Å². The first kappa shape index (κ1) is 26.2. The van der Waals surface area contributed by atoms with Crippen molar-refractivity contribution in [2.75, 3.05) is 0 Å². The van der Waals surface area contributed by atoms with Gasteiger partial charge >= 0.3 is 0 Å². The molecule has 1 aliphatic carbocycles. The molecule has 0 atom stereocenters. The van der Waals surface area contributed by atoms with Crippen LogP contribution in [0.4, 0.5) is 0 Å². The van der Waals surface area contributed by atoms with Gasteiger partial charge in [-0.1, -0.05) is 159 Å². The number of aliphatic hydroxyl groups is 1. The van der Waals surface area contributed by atoms with Crippen LogP contribution in [0.3, 0.4) is 0 Å². The minimum Gasteiger partial charge on any atom is -0.376 e. The quantitative estimate of drug-likeness (QED) is 0.183. The third-order valence-corrected chi connectivity index (χ3v) is 9.35. The highest BCUT2D eigenvalue weighted by molar-refractivity contribution is 9.10. The van der Waals surface area contributed by atoms with Gasteiger partial charge in [-0.2, -0.15) is 0 Å². The number of fused-ring (bicyclic) bond motifs is 3. The Morgan fingerprint density at radius 1 is 0.463 bits per heavy atom. The molecule has 0 aromatic heterocycles. The zero-order valence-electron chi connectivity index (χ0n) is 22.1. The van der Waals surface area contributed by atoms with E-state index in [4.69, 9.17) is 0 Å². The summed E-state index contributed by atoms with van der Waals surface area (Å²) in [6.07, 6.45) is 0. The fourth-order valence-electron chi connectivity index (χ4n) is 6.71. The lowest BCUT2D eigenvalue weighted by molar-refractivity contribution is 0.124. The zero-order chi connectivity index (χ0) is 28.0. The Morgan fingerprint density at radius 2 is 0.927 bits per heavy atom. The van der Waals surface area contributed by atoms with E-state index in [0.29, 0.717) is 0 Å². The molecule has 6 aromatic carbocycles. The van der Waals surface area contributed by atoms with Gasteiger partial charge in [-0.05, 0) is 74.3 Å². The van der Waals surface area contributed by atoms with Gasteiger partial charge < -0.3 is 5.11 Å². The van der Waals surface area contributed by atoms with Gasteiger partial charge in [0.1, 0.15) is 5.60 Å². The zero-order valence-corrected chi connectivity index (χ0v) is 25.3. The fourth-order valence-corrected chi connectivity index (χ4v) is 7.51. The summed E-state index contributed by atoms with van der Waals surface area (Å²) in [5.74, 6) is 0. The van der Waals surface area contributed by atoms with Crippen LogP contribution in [-0.4, -0.2) is 5.11 Å². The molecular weight excluding hydrogens is 632 g/mol. The van der Waals surface area contributed by atoms with Gasteiger partial charge in [0, 0.05) is 8.95 Å². The third kappa shape index (κ3) is 3.99. The highest BCUT2D eigenvalue weighted by atomic mass is 79.9. The Labute approximate surface area is 257 Å². The summed E-state index contributed by atoms with van der Waals surface area (Å²) in [5, 5.41) is 13.2. The van der Waals surface area contributed by atoms with E-state index >= 15 is 0 Å². The van der Waals surface area contributed by atoms with Gasteiger partial charge in [0.15, 0.2) is 0 Å². The summed E-state index contributed by atoms with van der Waals surface area (Å²) in [6, 6.07) is 52.5. The smallest absolute Gasteiger partial charge is 0.140 e. The lowest BCUT2D eigenvalue weighted by atomic mass is 9.63. The standard InChI is InChI=1S/C38H26Br2O/c39-29-16-10-14-27(24-29)38(41,28-15-11-17-30(40)25-28)36-23-9-8-22-35(36)37(26-12-2-1-3-13-26)33-20-6-4-18-31(33)32-19-5-7-21-34(32)37/h1-25,41H. The van der Waals surface area contributed by atoms with Crippen LogP contribution in [0.2, 0.25) is 0 Å². The molecular formula is C38H26Br2O. The normalized spacial score (nSPS) is 13.4. The number of hydrogen-bond acceptors (Lipinski definition) is 1. The molecule has 0 unspecified atom stereocenters. The van der Waals surface area contributed by atoms with Crippen LogP contribution in [0, 0.1) is 0 Å². The molecule has 7 rings (SSSR count). The molecule has 0 saturated carbocycles. The molecule has 41 heavy (non-hydrogen) atoms. The van der Waals surface area contributed by atoms with Gasteiger partial charge in [-0.3, -0.25) is 0 Å². The highest BCUT2D eigenvalue weighted by Gasteiger charge is 2.49. The lowest BCUT2D eigenvalue weighted by Gasteiger charge is -2.40. The third-order valence-electron chi connectivity index (χ3n) is 8.36. The average molecular weight is 658 g/mol. The van der Waals surface area contributed by atoms with Crippen LogP contribution in [0.15, 0.2) is 161 Å². The molecule has 0 heterocycles. The number of benzene rings is 6. The topological polar surface area (TPSA) is 20.2 Å². The van der Waals surface area contributed by atoms with Crippen LogP contribution in [0.1, 0.15) is 38.9 Å². The second kappa shape index (κ2) is 10.3. The van der Waals surface area contributed by atoms with Crippen molar-refractivity contribution < 1.29 is 5.11 Å². The SMILES string of the molecule is OC(c1cccc(Br)c1)(c1cccc(Br)c1)c1ccccc1C1(c2ccccc2)c2ccccc2-c2ccccc21. The van der Waals surface area contributed by atoms with Crippen LogP contribution >= 0.6 is 31.9 Å². The van der Waals surface area contributed by atoms with Crippen molar-refractivity contribution in [3.63, 3.8) is 0 Å². The van der Waals surface area contributed by atoms with Crippen LogP contribution in [0.5, 0.6) is 0 Å². The van der Waals surface area contributed by atoms with Crippen molar-refractivity contribution in [3.8, 4) is 11.1 Å². The molecule has 0 saturated heterocycles. The molecule has 1 N–H and O–H groups in total. The van der Waals surface area contributed by atoms with E-state index in [-0.39, 0.29) is 0 Å². The van der Waals surface area contributed by atoms with Crippen molar-refractivity contribution in [1.29, 1.82) is 0 Å². The Kier molecular flexibility index (Phi) is 6.54. The van der Waals surface area contributed by atoms with Gasteiger partial charge in [-0.15, -0.1) is 0 Å². The molecule has 0 aliphatic heterocycles. The van der Waals surface area contributed by atoms with E-state index in [1.165, 1.54) is 22.3 Å². The largest absolute Gasteiger partial charge is 0.376 e. The summed E-state index contributed by atoms with van der Waals surface area (Å²) in [5.41, 5.74) is 7.41. The summed E-state index contributed by atoms with van der Waals surface area (Å²) in [7, 11) is 0. The van der Waals surface area contributed by atoms with Crippen molar-refractivity contribution in [1.82, 2.24) is 0 Å². The minimum atomic E-state index is -1.45. The summed E-state index contributed by atoms with van der Waals surface area (Å²) in [4.78, 5) is 0. The van der Waals surface area contributed by atoms with Gasteiger partial charge in [0.05, 0.1) is 5.41 Å². The Balaban J connectivity index is 1.65. The number of hydrogen-bond donors (Lipinski definition) is 1. The number of halogens is 2. The summed E-state index contributed by atoms with van der Waals surface area (Å²) >= 11 is 7.34. The van der Waals surface area contributed by atoms with Crippen LogP contribution in [0.25, 0.3) is 11.1 Å². The second-order valence-electron chi connectivity index (χ2n) is 10.5. The molecule has 0 radical (unpaired) electrons. The monoisotopic (exact) mass is 656 g/mol. The van der Waals surface area contributed by atoms with Crippen molar-refractivity contribution in [2.24, 2.45) is 0 Å². The lowest BCUT2D eigenvalue weighted by Crippen LogP contribution is -2.36. The van der Waals surface area contributed by atoms with E-state index < -0.39 is 11.0 Å². The molecule has 0 bridgehead atoms. The first-order chi connectivity index (χ1) is 20.0.